The molecular formula is C19H35BOS. The van der Waals surface area contributed by atoms with E-state index in [4.69, 9.17) is 4.65 Å². The number of rotatable bonds is 5. The van der Waals surface area contributed by atoms with Crippen LogP contribution >= 0.6 is 11.8 Å². The van der Waals surface area contributed by atoms with Crippen LogP contribution in [-0.2, 0) is 4.65 Å². The van der Waals surface area contributed by atoms with Crippen LogP contribution in [0.25, 0.3) is 0 Å². The third-order valence-electron chi connectivity index (χ3n) is 5.12. The first kappa shape index (κ1) is 18.3. The van der Waals surface area contributed by atoms with E-state index in [1.54, 1.807) is 0 Å². The van der Waals surface area contributed by atoms with E-state index in [0.717, 1.165) is 16.7 Å². The molecule has 0 aromatic carbocycles. The molecular weight excluding hydrogens is 287 g/mol. The van der Waals surface area contributed by atoms with Gasteiger partial charge in [-0.05, 0) is 24.6 Å². The van der Waals surface area contributed by atoms with E-state index in [0.29, 0.717) is 6.92 Å². The van der Waals surface area contributed by atoms with E-state index in [9.17, 15) is 0 Å². The predicted molar refractivity (Wildman–Crippen MR) is 102 cm³/mol. The fourth-order valence-electron chi connectivity index (χ4n) is 4.09. The summed E-state index contributed by atoms with van der Waals surface area (Å²) in [5.41, 5.74) is 0. The molecule has 1 nitrogen and oxygen atoms in total. The summed E-state index contributed by atoms with van der Waals surface area (Å²) < 4.78 is 6.91. The number of thioether (sulfide) groups is 1. The number of hydrogen-bond donors (Lipinski definition) is 0. The molecule has 126 valence electrons. The van der Waals surface area contributed by atoms with Crippen LogP contribution in [0.5, 0.6) is 0 Å². The molecule has 0 atom stereocenters. The minimum absolute atomic E-state index is 0.228. The lowest BCUT2D eigenvalue weighted by Gasteiger charge is -2.36. The van der Waals surface area contributed by atoms with Crippen LogP contribution < -0.4 is 0 Å². The Bertz CT molecular complexity index is 331. The maximum atomic E-state index is 6.68. The third-order valence-corrected chi connectivity index (χ3v) is 6.27. The van der Waals surface area contributed by atoms with Crippen LogP contribution in [-0.4, -0.2) is 11.7 Å². The van der Waals surface area contributed by atoms with Crippen LogP contribution in [0.1, 0.15) is 91.9 Å². The summed E-state index contributed by atoms with van der Waals surface area (Å²) in [7, 11) is 0. The Labute approximate surface area is 143 Å². The van der Waals surface area contributed by atoms with Crippen LogP contribution in [0, 0.1) is 0 Å². The maximum absolute atomic E-state index is 6.68. The highest BCUT2D eigenvalue weighted by atomic mass is 32.2. The van der Waals surface area contributed by atoms with Gasteiger partial charge >= 0.3 is 6.92 Å². The summed E-state index contributed by atoms with van der Waals surface area (Å²) in [6.07, 6.45) is 16.2. The second-order valence-corrected chi connectivity index (χ2v) is 10.0. The first-order valence-electron chi connectivity index (χ1n) is 9.51. The molecule has 0 aliphatic heterocycles. The Morgan fingerprint density at radius 1 is 0.909 bits per heavy atom. The average molecular weight is 322 g/mol. The SMILES string of the molecule is C/C=C(/OB(C1CCCCC1)C1CCCCC1)SC(C)(C)C. The molecule has 22 heavy (non-hydrogen) atoms. The summed E-state index contributed by atoms with van der Waals surface area (Å²) >= 11 is 1.90. The Morgan fingerprint density at radius 2 is 1.36 bits per heavy atom. The lowest BCUT2D eigenvalue weighted by atomic mass is 9.42. The Morgan fingerprint density at radius 3 is 1.73 bits per heavy atom. The molecule has 2 saturated carbocycles. The number of hydrogen-bond acceptors (Lipinski definition) is 2. The van der Waals surface area contributed by atoms with Gasteiger partial charge in [0.05, 0.1) is 0 Å². The molecule has 0 bridgehead atoms. The summed E-state index contributed by atoms with van der Waals surface area (Å²) in [5, 5.41) is 1.16. The Hall–Kier alpha value is -0.0451. The van der Waals surface area contributed by atoms with E-state index < -0.39 is 0 Å². The molecule has 0 N–H and O–H groups in total. The normalized spacial score (nSPS) is 22.6. The van der Waals surface area contributed by atoms with Crippen molar-refractivity contribution < 1.29 is 4.65 Å². The van der Waals surface area contributed by atoms with E-state index in [1.807, 2.05) is 11.8 Å². The Kier molecular flexibility index (Phi) is 7.24. The van der Waals surface area contributed by atoms with Gasteiger partial charge < -0.3 is 4.65 Å². The van der Waals surface area contributed by atoms with Crippen LogP contribution in [0.15, 0.2) is 11.2 Å². The highest BCUT2D eigenvalue weighted by molar-refractivity contribution is 8.04. The lowest BCUT2D eigenvalue weighted by Crippen LogP contribution is -2.33. The minimum atomic E-state index is 0.228. The van der Waals surface area contributed by atoms with Gasteiger partial charge in [-0.2, -0.15) is 0 Å². The molecule has 0 unspecified atom stereocenters. The van der Waals surface area contributed by atoms with E-state index in [2.05, 4.69) is 33.8 Å². The van der Waals surface area contributed by atoms with E-state index in [1.165, 1.54) is 64.2 Å². The average Bonchev–Trinajstić information content (AvgIpc) is 2.52. The van der Waals surface area contributed by atoms with Gasteiger partial charge in [-0.15, -0.1) is 0 Å². The molecule has 3 heteroatoms. The van der Waals surface area contributed by atoms with Gasteiger partial charge in [-0.25, -0.2) is 0 Å². The molecule has 0 heterocycles. The quantitative estimate of drug-likeness (QED) is 0.396. The summed E-state index contributed by atoms with van der Waals surface area (Å²) in [6, 6.07) is 0. The zero-order valence-corrected chi connectivity index (χ0v) is 16.0. The predicted octanol–water partition coefficient (Wildman–Crippen LogP) is 7.06. The Balaban J connectivity index is 2.05. The third kappa shape index (κ3) is 5.87. The first-order valence-corrected chi connectivity index (χ1v) is 10.3. The van der Waals surface area contributed by atoms with Crippen molar-refractivity contribution in [2.24, 2.45) is 0 Å². The van der Waals surface area contributed by atoms with Gasteiger partial charge in [0.1, 0.15) is 5.09 Å². The molecule has 0 aromatic rings. The van der Waals surface area contributed by atoms with Crippen LogP contribution in [0.4, 0.5) is 0 Å². The molecule has 2 fully saturated rings. The van der Waals surface area contributed by atoms with Gasteiger partial charge in [0, 0.05) is 4.75 Å². The number of allylic oxidation sites excluding steroid dienone is 1. The van der Waals surface area contributed by atoms with Crippen molar-refractivity contribution >= 4 is 18.7 Å². The second-order valence-electron chi connectivity index (χ2n) is 8.20. The van der Waals surface area contributed by atoms with Gasteiger partial charge in [-0.3, -0.25) is 0 Å². The molecule has 0 aromatic heterocycles. The van der Waals surface area contributed by atoms with Gasteiger partial charge in [0.2, 0.25) is 0 Å². The standard InChI is InChI=1S/C19H35BOS/c1-5-18(22-19(2,3)4)21-20(16-12-8-6-9-13-16)17-14-10-7-11-15-17/h5,16-17H,6-15H2,1-4H3/b18-5-. The van der Waals surface area contributed by atoms with Gasteiger partial charge in [-0.1, -0.05) is 96.7 Å². The smallest absolute Gasteiger partial charge is 0.364 e. The van der Waals surface area contributed by atoms with Crippen molar-refractivity contribution in [1.29, 1.82) is 0 Å². The fraction of sp³-hybridized carbons (Fsp3) is 0.895. The molecule has 0 radical (unpaired) electrons. The first-order chi connectivity index (χ1) is 10.5. The van der Waals surface area contributed by atoms with Crippen molar-refractivity contribution in [3.05, 3.63) is 11.2 Å². The molecule has 2 rings (SSSR count). The highest BCUT2D eigenvalue weighted by Crippen LogP contribution is 2.44. The van der Waals surface area contributed by atoms with Gasteiger partial charge in [0.25, 0.3) is 0 Å². The highest BCUT2D eigenvalue weighted by Gasteiger charge is 2.39. The summed E-state index contributed by atoms with van der Waals surface area (Å²) in [6.45, 7) is 9.44. The molecule has 0 spiro atoms. The monoisotopic (exact) mass is 322 g/mol. The maximum Gasteiger partial charge on any atom is 0.364 e. The molecule has 0 amide bonds. The largest absolute Gasteiger partial charge is 0.556 e. The summed E-state index contributed by atoms with van der Waals surface area (Å²) in [4.78, 5) is 0. The van der Waals surface area contributed by atoms with E-state index in [-0.39, 0.29) is 4.75 Å². The topological polar surface area (TPSA) is 9.23 Å². The molecule has 2 aliphatic rings. The molecule has 0 saturated heterocycles. The second kappa shape index (κ2) is 8.71. The van der Waals surface area contributed by atoms with Crippen molar-refractivity contribution in [3.63, 3.8) is 0 Å². The van der Waals surface area contributed by atoms with Crippen molar-refractivity contribution in [2.75, 3.05) is 0 Å². The fourth-order valence-corrected chi connectivity index (χ4v) is 4.97. The zero-order chi connectivity index (χ0) is 16.0. The van der Waals surface area contributed by atoms with Crippen molar-refractivity contribution in [3.8, 4) is 0 Å². The van der Waals surface area contributed by atoms with Crippen LogP contribution in [0.3, 0.4) is 0 Å². The van der Waals surface area contributed by atoms with Crippen LogP contribution in [0.2, 0.25) is 11.6 Å². The van der Waals surface area contributed by atoms with Crippen molar-refractivity contribution in [1.82, 2.24) is 0 Å². The van der Waals surface area contributed by atoms with Gasteiger partial charge in [0.15, 0.2) is 0 Å². The summed E-state index contributed by atoms with van der Waals surface area (Å²) in [5.74, 6) is 1.60. The molecule has 2 aliphatic carbocycles. The lowest BCUT2D eigenvalue weighted by molar-refractivity contribution is 0.372. The minimum Gasteiger partial charge on any atom is -0.556 e. The zero-order valence-electron chi connectivity index (χ0n) is 15.2. The van der Waals surface area contributed by atoms with E-state index >= 15 is 0 Å². The van der Waals surface area contributed by atoms with Crippen molar-refractivity contribution in [2.45, 2.75) is 108 Å².